The molecule has 0 heterocycles. The summed E-state index contributed by atoms with van der Waals surface area (Å²) in [5.74, 6) is 0.280. The maximum atomic E-state index is 12.1. The van der Waals surface area contributed by atoms with Crippen molar-refractivity contribution >= 4 is 15.4 Å². The highest BCUT2D eigenvalue weighted by Gasteiger charge is 2.19. The van der Waals surface area contributed by atoms with Gasteiger partial charge in [-0.3, -0.25) is 0 Å². The lowest BCUT2D eigenvalue weighted by Gasteiger charge is -2.13. The Morgan fingerprint density at radius 2 is 1.46 bits per heavy atom. The fourth-order valence-electron chi connectivity index (χ4n) is 3.00. The van der Waals surface area contributed by atoms with Gasteiger partial charge < -0.3 is 9.26 Å². The van der Waals surface area contributed by atoms with Crippen molar-refractivity contribution in [1.29, 1.82) is 0 Å². The molecular formula is C22H37O3P. The zero-order chi connectivity index (χ0) is 19.0. The van der Waals surface area contributed by atoms with Crippen LogP contribution in [0.5, 0.6) is 5.75 Å². The van der Waals surface area contributed by atoms with Gasteiger partial charge in [0.1, 0.15) is 5.75 Å². The van der Waals surface area contributed by atoms with E-state index in [0.717, 1.165) is 19.3 Å². The summed E-state index contributed by atoms with van der Waals surface area (Å²) in [6.45, 7) is 4.35. The van der Waals surface area contributed by atoms with Gasteiger partial charge in [0.15, 0.2) is 6.10 Å². The summed E-state index contributed by atoms with van der Waals surface area (Å²) in [5, 5.41) is 0. The lowest BCUT2D eigenvalue weighted by molar-refractivity contribution is -0.142. The molecule has 2 atom stereocenters. The number of benzene rings is 1. The van der Waals surface area contributed by atoms with Crippen molar-refractivity contribution in [2.24, 2.45) is 0 Å². The first-order valence-corrected chi connectivity index (χ1v) is 10.8. The molecule has 0 spiro atoms. The molecular weight excluding hydrogens is 343 g/mol. The lowest BCUT2D eigenvalue weighted by Crippen LogP contribution is -2.26. The lowest BCUT2D eigenvalue weighted by atomic mass is 10.0. The van der Waals surface area contributed by atoms with Crippen molar-refractivity contribution in [3.63, 3.8) is 0 Å². The number of hydrogen-bond acceptors (Lipinski definition) is 3. The maximum absolute atomic E-state index is 12.1. The Balaban J connectivity index is 2.25. The summed E-state index contributed by atoms with van der Waals surface area (Å²) in [5.41, 5.74) is 1.31. The smallest absolute Gasteiger partial charge is 0.340 e. The van der Waals surface area contributed by atoms with Crippen LogP contribution in [0.15, 0.2) is 24.3 Å². The number of aryl methyl sites for hydroxylation is 1. The van der Waals surface area contributed by atoms with Gasteiger partial charge in [-0.2, -0.15) is 0 Å². The van der Waals surface area contributed by atoms with E-state index < -0.39 is 6.10 Å². The van der Waals surface area contributed by atoms with Crippen molar-refractivity contribution < 1.29 is 14.1 Å². The molecule has 0 fully saturated rings. The molecule has 148 valence electrons. The van der Waals surface area contributed by atoms with Crippen molar-refractivity contribution in [2.75, 3.05) is 0 Å². The van der Waals surface area contributed by atoms with Crippen molar-refractivity contribution in [3.05, 3.63) is 29.8 Å². The molecule has 3 nitrogen and oxygen atoms in total. The SMILES string of the molecule is CCCCCCCCCCc1ccc(OC(=O)C(CCCC)OP)cc1. The van der Waals surface area contributed by atoms with Crippen LogP contribution in [0.1, 0.15) is 90.0 Å². The van der Waals surface area contributed by atoms with Crippen LogP contribution in [0.4, 0.5) is 0 Å². The van der Waals surface area contributed by atoms with E-state index in [2.05, 4.69) is 35.4 Å². The van der Waals surface area contributed by atoms with E-state index in [9.17, 15) is 4.79 Å². The van der Waals surface area contributed by atoms with E-state index in [1.165, 1.54) is 56.9 Å². The number of rotatable bonds is 15. The minimum absolute atomic E-state index is 0.315. The van der Waals surface area contributed by atoms with Crippen molar-refractivity contribution in [3.8, 4) is 5.75 Å². The molecule has 1 aromatic carbocycles. The van der Waals surface area contributed by atoms with Gasteiger partial charge in [0, 0.05) is 9.47 Å². The summed E-state index contributed by atoms with van der Waals surface area (Å²) >= 11 is 0. The third kappa shape index (κ3) is 10.3. The molecule has 0 saturated heterocycles. The zero-order valence-electron chi connectivity index (χ0n) is 16.7. The molecule has 2 unspecified atom stereocenters. The van der Waals surface area contributed by atoms with Gasteiger partial charge in [0.05, 0.1) is 0 Å². The maximum Gasteiger partial charge on any atom is 0.340 e. The van der Waals surface area contributed by atoms with E-state index in [1.54, 1.807) is 0 Å². The molecule has 0 bridgehead atoms. The average Bonchev–Trinajstić information content (AvgIpc) is 2.66. The van der Waals surface area contributed by atoms with E-state index in [0.29, 0.717) is 12.2 Å². The van der Waals surface area contributed by atoms with Gasteiger partial charge in [0.2, 0.25) is 0 Å². The van der Waals surface area contributed by atoms with Crippen LogP contribution < -0.4 is 4.74 Å². The summed E-state index contributed by atoms with van der Waals surface area (Å²) in [6, 6.07) is 7.90. The first-order chi connectivity index (χ1) is 12.7. The number of carbonyl (C=O) groups is 1. The van der Waals surface area contributed by atoms with E-state index in [4.69, 9.17) is 9.26 Å². The van der Waals surface area contributed by atoms with Crippen LogP contribution >= 0.6 is 9.47 Å². The Morgan fingerprint density at radius 1 is 0.885 bits per heavy atom. The van der Waals surface area contributed by atoms with Crippen LogP contribution in [0, 0.1) is 0 Å². The van der Waals surface area contributed by atoms with Crippen molar-refractivity contribution in [1.82, 2.24) is 0 Å². The van der Waals surface area contributed by atoms with E-state index in [1.807, 2.05) is 12.1 Å². The molecule has 26 heavy (non-hydrogen) atoms. The molecule has 0 amide bonds. The van der Waals surface area contributed by atoms with Crippen LogP contribution in [-0.4, -0.2) is 12.1 Å². The molecule has 1 rings (SSSR count). The second kappa shape index (κ2) is 15.2. The predicted octanol–water partition coefficient (Wildman–Crippen LogP) is 6.64. The van der Waals surface area contributed by atoms with Crippen LogP contribution in [0.25, 0.3) is 0 Å². The van der Waals surface area contributed by atoms with Crippen molar-refractivity contribution in [2.45, 2.75) is 97.0 Å². The number of unbranched alkanes of at least 4 members (excludes halogenated alkanes) is 8. The molecule has 0 aliphatic carbocycles. The number of esters is 1. The quantitative estimate of drug-likeness (QED) is 0.148. The Morgan fingerprint density at radius 3 is 2.04 bits per heavy atom. The van der Waals surface area contributed by atoms with E-state index in [-0.39, 0.29) is 5.97 Å². The first kappa shape index (κ1) is 23.1. The molecule has 0 aliphatic rings. The van der Waals surface area contributed by atoms with Gasteiger partial charge >= 0.3 is 5.97 Å². The van der Waals surface area contributed by atoms with Gasteiger partial charge in [-0.25, -0.2) is 4.79 Å². The normalized spacial score (nSPS) is 12.1. The second-order valence-corrected chi connectivity index (χ2v) is 7.33. The topological polar surface area (TPSA) is 35.5 Å². The number of carbonyl (C=O) groups excluding carboxylic acids is 1. The van der Waals surface area contributed by atoms with Gasteiger partial charge in [-0.1, -0.05) is 83.8 Å². The zero-order valence-corrected chi connectivity index (χ0v) is 17.8. The highest BCUT2D eigenvalue weighted by Crippen LogP contribution is 2.18. The van der Waals surface area contributed by atoms with Crippen LogP contribution in [0.3, 0.4) is 0 Å². The first-order valence-electron chi connectivity index (χ1n) is 10.4. The van der Waals surface area contributed by atoms with Gasteiger partial charge in [-0.15, -0.1) is 0 Å². The molecule has 4 heteroatoms. The average molecular weight is 381 g/mol. The minimum atomic E-state index is -0.503. The number of hydrogen-bond donors (Lipinski definition) is 0. The summed E-state index contributed by atoms with van der Waals surface area (Å²) in [6.07, 6.45) is 14.0. The van der Waals surface area contributed by atoms with Gasteiger partial charge in [-0.05, 0) is 37.0 Å². The molecule has 0 radical (unpaired) electrons. The summed E-state index contributed by atoms with van der Waals surface area (Å²) in [7, 11) is 2.17. The van der Waals surface area contributed by atoms with E-state index >= 15 is 0 Å². The standard InChI is InChI=1S/C22H37O3P/c1-3-5-7-8-9-10-11-12-13-19-15-17-20(18-16-19)24-22(23)21(25-26)14-6-4-2/h15-18,21H,3-14,26H2,1-2H3. The fraction of sp³-hybridized carbons (Fsp3) is 0.682. The minimum Gasteiger partial charge on any atom is -0.425 e. The monoisotopic (exact) mass is 380 g/mol. The molecule has 0 saturated carbocycles. The molecule has 1 aromatic rings. The Bertz CT molecular complexity index is 473. The molecule has 0 N–H and O–H groups in total. The highest BCUT2D eigenvalue weighted by molar-refractivity contribution is 7.09. The van der Waals surface area contributed by atoms with Crippen LogP contribution in [-0.2, 0) is 15.7 Å². The summed E-state index contributed by atoms with van der Waals surface area (Å²) < 4.78 is 10.6. The van der Waals surface area contributed by atoms with Gasteiger partial charge in [0.25, 0.3) is 0 Å². The second-order valence-electron chi connectivity index (χ2n) is 7.06. The third-order valence-electron chi connectivity index (χ3n) is 4.71. The third-order valence-corrected chi connectivity index (χ3v) is 5.04. The summed E-state index contributed by atoms with van der Waals surface area (Å²) in [4.78, 5) is 12.1. The molecule has 0 aliphatic heterocycles. The Labute approximate surface area is 162 Å². The molecule has 0 aromatic heterocycles. The number of ether oxygens (including phenoxy) is 1. The largest absolute Gasteiger partial charge is 0.425 e. The fourth-order valence-corrected chi connectivity index (χ4v) is 3.25. The Hall–Kier alpha value is -0.920. The predicted molar refractivity (Wildman–Crippen MR) is 112 cm³/mol. The van der Waals surface area contributed by atoms with Crippen LogP contribution in [0.2, 0.25) is 0 Å². The highest BCUT2D eigenvalue weighted by atomic mass is 31.0. The Kier molecular flexibility index (Phi) is 13.5.